The number of nitrogens with zero attached hydrogens (tertiary/aromatic N) is 2. The highest BCUT2D eigenvalue weighted by atomic mass is 15.5. The molecule has 0 aromatic heterocycles. The van der Waals surface area contributed by atoms with Crippen LogP contribution in [0.15, 0.2) is 0 Å². The van der Waals surface area contributed by atoms with E-state index in [-0.39, 0.29) is 0 Å². The molecule has 0 atom stereocenters. The third-order valence-corrected chi connectivity index (χ3v) is 3.38. The molecule has 2 saturated heterocycles. The van der Waals surface area contributed by atoms with Crippen molar-refractivity contribution in [1.29, 1.82) is 0 Å². The fraction of sp³-hybridized carbons (Fsp3) is 1.00. The number of nitrogens with two attached hydrogens (primary N) is 1. The molecule has 0 aromatic carbocycles. The molecule has 0 radical (unpaired) electrons. The van der Waals surface area contributed by atoms with Crippen molar-refractivity contribution >= 4 is 0 Å². The molecule has 0 saturated carbocycles. The van der Waals surface area contributed by atoms with Gasteiger partial charge in [-0.3, -0.25) is 10.7 Å². The van der Waals surface area contributed by atoms with Gasteiger partial charge in [0.1, 0.15) is 0 Å². The highest BCUT2D eigenvalue weighted by Gasteiger charge is 2.46. The number of hydrogen-bond donors (Lipinski definition) is 1. The number of hydrazine groups is 1. The average Bonchev–Trinajstić information content (AvgIpc) is 2.02. The fourth-order valence-corrected chi connectivity index (χ4v) is 2.47. The number of hydrogen-bond acceptors (Lipinski definition) is 3. The van der Waals surface area contributed by atoms with Crippen LogP contribution < -0.4 is 5.84 Å². The van der Waals surface area contributed by atoms with Gasteiger partial charge in [-0.15, -0.1) is 0 Å². The normalized spacial score (nSPS) is 30.5. The third-order valence-electron chi connectivity index (χ3n) is 3.38. The van der Waals surface area contributed by atoms with E-state index >= 15 is 0 Å². The van der Waals surface area contributed by atoms with E-state index in [1.165, 1.54) is 38.9 Å². The molecule has 2 rings (SSSR count). The summed E-state index contributed by atoms with van der Waals surface area (Å²) >= 11 is 0. The predicted octanol–water partition coefficient (Wildman–Crippen LogP) is 0.420. The van der Waals surface area contributed by atoms with Gasteiger partial charge in [0, 0.05) is 19.6 Å². The van der Waals surface area contributed by atoms with Crippen molar-refractivity contribution < 1.29 is 0 Å². The molecule has 3 nitrogen and oxygen atoms in total. The van der Waals surface area contributed by atoms with E-state index in [2.05, 4.69) is 16.8 Å². The van der Waals surface area contributed by atoms with Crippen LogP contribution in [0.5, 0.6) is 0 Å². The lowest BCUT2D eigenvalue weighted by Gasteiger charge is -2.56. The number of rotatable bonds is 1. The van der Waals surface area contributed by atoms with Crippen molar-refractivity contribution in [3.8, 4) is 0 Å². The van der Waals surface area contributed by atoms with Gasteiger partial charge in [0.15, 0.2) is 0 Å². The Morgan fingerprint density at radius 2 is 2.08 bits per heavy atom. The lowest BCUT2D eigenvalue weighted by atomic mass is 9.81. The van der Waals surface area contributed by atoms with Crippen molar-refractivity contribution in [2.45, 2.75) is 31.7 Å². The molecule has 0 unspecified atom stereocenters. The zero-order chi connectivity index (χ0) is 8.60. The third kappa shape index (κ3) is 1.16. The van der Waals surface area contributed by atoms with Gasteiger partial charge in [0.05, 0.1) is 5.54 Å². The first kappa shape index (κ1) is 8.48. The Kier molecular flexibility index (Phi) is 2.10. The van der Waals surface area contributed by atoms with Crippen LogP contribution in [-0.4, -0.2) is 41.6 Å². The van der Waals surface area contributed by atoms with Crippen LogP contribution in [0.4, 0.5) is 0 Å². The topological polar surface area (TPSA) is 32.5 Å². The summed E-state index contributed by atoms with van der Waals surface area (Å²) in [7, 11) is 0. The SMILES string of the molecule is CCN1CC2(CCCCN2N)C1. The molecule has 1 spiro atoms. The van der Waals surface area contributed by atoms with Crippen LogP contribution in [0, 0.1) is 0 Å². The van der Waals surface area contributed by atoms with Crippen LogP contribution in [0.25, 0.3) is 0 Å². The Morgan fingerprint density at radius 3 is 2.67 bits per heavy atom. The summed E-state index contributed by atoms with van der Waals surface area (Å²) in [6, 6.07) is 0. The second-order valence-electron chi connectivity index (χ2n) is 4.18. The van der Waals surface area contributed by atoms with Crippen LogP contribution in [0.3, 0.4) is 0 Å². The molecule has 2 heterocycles. The molecule has 12 heavy (non-hydrogen) atoms. The summed E-state index contributed by atoms with van der Waals surface area (Å²) in [6.07, 6.45) is 3.95. The van der Waals surface area contributed by atoms with Gasteiger partial charge < -0.3 is 0 Å². The van der Waals surface area contributed by atoms with Crippen LogP contribution >= 0.6 is 0 Å². The summed E-state index contributed by atoms with van der Waals surface area (Å²) in [5, 5.41) is 2.09. The zero-order valence-electron chi connectivity index (χ0n) is 7.92. The molecule has 2 N–H and O–H groups in total. The Bertz CT molecular complexity index is 163. The Morgan fingerprint density at radius 1 is 1.33 bits per heavy atom. The largest absolute Gasteiger partial charge is 0.300 e. The van der Waals surface area contributed by atoms with Crippen LogP contribution in [0.2, 0.25) is 0 Å². The molecule has 70 valence electrons. The molecule has 3 heteroatoms. The molecule has 0 bridgehead atoms. The predicted molar refractivity (Wildman–Crippen MR) is 49.6 cm³/mol. The lowest BCUT2D eigenvalue weighted by molar-refractivity contribution is -0.0764. The van der Waals surface area contributed by atoms with Crippen molar-refractivity contribution in [3.05, 3.63) is 0 Å². The fourth-order valence-electron chi connectivity index (χ4n) is 2.47. The van der Waals surface area contributed by atoms with E-state index in [1.807, 2.05) is 0 Å². The highest BCUT2D eigenvalue weighted by Crippen LogP contribution is 2.33. The lowest BCUT2D eigenvalue weighted by Crippen LogP contribution is -2.73. The summed E-state index contributed by atoms with van der Waals surface area (Å²) in [4.78, 5) is 2.46. The first-order chi connectivity index (χ1) is 5.77. The number of piperidine rings is 1. The van der Waals surface area contributed by atoms with Gasteiger partial charge in [-0.2, -0.15) is 0 Å². The molecule has 0 aliphatic carbocycles. The maximum absolute atomic E-state index is 6.00. The van der Waals surface area contributed by atoms with Crippen LogP contribution in [0.1, 0.15) is 26.2 Å². The zero-order valence-corrected chi connectivity index (χ0v) is 7.92. The maximum Gasteiger partial charge on any atom is 0.0604 e. The molecule has 2 aliphatic rings. The quantitative estimate of drug-likeness (QED) is 0.577. The Hall–Kier alpha value is -0.120. The molecule has 2 fully saturated rings. The maximum atomic E-state index is 6.00. The first-order valence-electron chi connectivity index (χ1n) is 5.01. The second-order valence-corrected chi connectivity index (χ2v) is 4.18. The van der Waals surface area contributed by atoms with Crippen molar-refractivity contribution in [2.75, 3.05) is 26.2 Å². The summed E-state index contributed by atoms with van der Waals surface area (Å²) < 4.78 is 0. The number of likely N-dealkylation sites (N-methyl/N-ethyl adjacent to an activating group) is 1. The van der Waals surface area contributed by atoms with E-state index < -0.39 is 0 Å². The minimum Gasteiger partial charge on any atom is -0.300 e. The summed E-state index contributed by atoms with van der Waals surface area (Å²) in [6.45, 7) is 6.88. The van der Waals surface area contributed by atoms with Gasteiger partial charge >= 0.3 is 0 Å². The standard InChI is InChI=1S/C9H19N3/c1-2-11-7-9(8-11)5-3-4-6-12(9)10/h2-8,10H2,1H3. The summed E-state index contributed by atoms with van der Waals surface area (Å²) in [5.41, 5.74) is 0.369. The van der Waals surface area contributed by atoms with Crippen molar-refractivity contribution in [1.82, 2.24) is 9.91 Å². The van der Waals surface area contributed by atoms with Crippen molar-refractivity contribution in [3.63, 3.8) is 0 Å². The molecule has 2 aliphatic heterocycles. The molecular formula is C9H19N3. The average molecular weight is 169 g/mol. The molecular weight excluding hydrogens is 150 g/mol. The minimum atomic E-state index is 0.369. The Labute approximate surface area is 74.5 Å². The smallest absolute Gasteiger partial charge is 0.0604 e. The van der Waals surface area contributed by atoms with Gasteiger partial charge in [0.25, 0.3) is 0 Å². The van der Waals surface area contributed by atoms with E-state index in [0.29, 0.717) is 5.54 Å². The Balaban J connectivity index is 1.94. The molecule has 0 aromatic rings. The first-order valence-corrected chi connectivity index (χ1v) is 5.01. The minimum absolute atomic E-state index is 0.369. The highest BCUT2D eigenvalue weighted by molar-refractivity contribution is 5.03. The second kappa shape index (κ2) is 2.98. The van der Waals surface area contributed by atoms with Gasteiger partial charge in [0.2, 0.25) is 0 Å². The molecule has 0 amide bonds. The van der Waals surface area contributed by atoms with E-state index in [1.54, 1.807) is 0 Å². The summed E-state index contributed by atoms with van der Waals surface area (Å²) in [5.74, 6) is 6.00. The van der Waals surface area contributed by atoms with Gasteiger partial charge in [-0.1, -0.05) is 13.3 Å². The monoisotopic (exact) mass is 169 g/mol. The van der Waals surface area contributed by atoms with Gasteiger partial charge in [-0.05, 0) is 19.4 Å². The van der Waals surface area contributed by atoms with E-state index in [0.717, 1.165) is 6.54 Å². The van der Waals surface area contributed by atoms with E-state index in [9.17, 15) is 0 Å². The van der Waals surface area contributed by atoms with Crippen molar-refractivity contribution in [2.24, 2.45) is 5.84 Å². The van der Waals surface area contributed by atoms with E-state index in [4.69, 9.17) is 5.84 Å². The van der Waals surface area contributed by atoms with Crippen LogP contribution in [-0.2, 0) is 0 Å². The van der Waals surface area contributed by atoms with Gasteiger partial charge in [-0.25, -0.2) is 5.01 Å². The number of likely N-dealkylation sites (tertiary alicyclic amines) is 1.